The van der Waals surface area contributed by atoms with Crippen LogP contribution in [-0.2, 0) is 4.79 Å². The van der Waals surface area contributed by atoms with Crippen molar-refractivity contribution in [3.63, 3.8) is 0 Å². The van der Waals surface area contributed by atoms with Crippen molar-refractivity contribution < 1.29 is 4.79 Å². The second kappa shape index (κ2) is 6.05. The van der Waals surface area contributed by atoms with Gasteiger partial charge in [0.15, 0.2) is 0 Å². The molecule has 0 aromatic rings. The molecule has 2 N–H and O–H groups in total. The molecule has 0 bridgehead atoms. The first-order valence-corrected chi connectivity index (χ1v) is 7.66. The maximum absolute atomic E-state index is 12.4. The van der Waals surface area contributed by atoms with E-state index < -0.39 is 0 Å². The minimum Gasteiger partial charge on any atom is -0.353 e. The van der Waals surface area contributed by atoms with Gasteiger partial charge in [0.25, 0.3) is 0 Å². The third kappa shape index (κ3) is 3.25. The zero-order valence-corrected chi connectivity index (χ0v) is 11.9. The topological polar surface area (TPSA) is 41.1 Å². The van der Waals surface area contributed by atoms with E-state index in [2.05, 4.69) is 24.5 Å². The van der Waals surface area contributed by atoms with E-state index in [0.717, 1.165) is 31.8 Å². The van der Waals surface area contributed by atoms with Gasteiger partial charge in [0.2, 0.25) is 5.91 Å². The smallest absolute Gasteiger partial charge is 0.226 e. The zero-order chi connectivity index (χ0) is 13.0. The molecule has 1 amide bonds. The lowest BCUT2D eigenvalue weighted by Crippen LogP contribution is -2.49. The number of amides is 1. The molecule has 3 heteroatoms. The van der Waals surface area contributed by atoms with Gasteiger partial charge in [-0.15, -0.1) is 0 Å². The van der Waals surface area contributed by atoms with Gasteiger partial charge in [-0.2, -0.15) is 0 Å². The van der Waals surface area contributed by atoms with Crippen LogP contribution in [0.25, 0.3) is 0 Å². The van der Waals surface area contributed by atoms with Crippen molar-refractivity contribution in [3.8, 4) is 0 Å². The molecule has 104 valence electrons. The highest BCUT2D eigenvalue weighted by atomic mass is 16.2. The van der Waals surface area contributed by atoms with Crippen LogP contribution < -0.4 is 10.6 Å². The first-order chi connectivity index (χ1) is 8.64. The van der Waals surface area contributed by atoms with Gasteiger partial charge in [0.1, 0.15) is 0 Å². The molecule has 3 nitrogen and oxygen atoms in total. The maximum Gasteiger partial charge on any atom is 0.226 e. The fourth-order valence-electron chi connectivity index (χ4n) is 3.28. The molecule has 2 rings (SSSR count). The molecule has 0 unspecified atom stereocenters. The normalized spacial score (nSPS) is 31.9. The van der Waals surface area contributed by atoms with E-state index in [1.165, 1.54) is 32.1 Å². The number of hydrogen-bond acceptors (Lipinski definition) is 2. The highest BCUT2D eigenvalue weighted by molar-refractivity contribution is 5.82. The van der Waals surface area contributed by atoms with Crippen LogP contribution in [0, 0.1) is 11.3 Å². The minimum atomic E-state index is -0.132. The van der Waals surface area contributed by atoms with Crippen molar-refractivity contribution in [1.82, 2.24) is 10.6 Å². The summed E-state index contributed by atoms with van der Waals surface area (Å²) < 4.78 is 0. The summed E-state index contributed by atoms with van der Waals surface area (Å²) in [7, 11) is 0. The van der Waals surface area contributed by atoms with E-state index in [1.54, 1.807) is 0 Å². The number of hydrogen-bond donors (Lipinski definition) is 2. The fraction of sp³-hybridized carbons (Fsp3) is 0.933. The van der Waals surface area contributed by atoms with Gasteiger partial charge in [-0.1, -0.05) is 20.3 Å². The summed E-state index contributed by atoms with van der Waals surface area (Å²) in [4.78, 5) is 12.4. The van der Waals surface area contributed by atoms with Crippen LogP contribution in [0.4, 0.5) is 0 Å². The van der Waals surface area contributed by atoms with Crippen molar-refractivity contribution in [3.05, 3.63) is 0 Å². The molecule has 1 saturated heterocycles. The molecule has 0 aromatic heterocycles. The van der Waals surface area contributed by atoms with Crippen molar-refractivity contribution >= 4 is 5.91 Å². The molecule has 2 fully saturated rings. The molecular weight excluding hydrogens is 224 g/mol. The molecule has 0 atom stereocenters. The van der Waals surface area contributed by atoms with Gasteiger partial charge in [-0.25, -0.2) is 0 Å². The molecular formula is C15H28N2O. The molecule has 0 radical (unpaired) electrons. The Morgan fingerprint density at radius 3 is 2.39 bits per heavy atom. The first-order valence-electron chi connectivity index (χ1n) is 7.66. The van der Waals surface area contributed by atoms with Gasteiger partial charge in [0, 0.05) is 11.5 Å². The molecule has 0 aromatic carbocycles. The Labute approximate surface area is 111 Å². The van der Waals surface area contributed by atoms with Crippen LogP contribution >= 0.6 is 0 Å². The highest BCUT2D eigenvalue weighted by Crippen LogP contribution is 2.30. The summed E-state index contributed by atoms with van der Waals surface area (Å²) in [5.41, 5.74) is -0.132. The Bertz CT molecular complexity index is 276. The average molecular weight is 252 g/mol. The third-order valence-electron chi connectivity index (χ3n) is 5.01. The van der Waals surface area contributed by atoms with Crippen LogP contribution in [0.1, 0.15) is 58.8 Å². The van der Waals surface area contributed by atoms with E-state index >= 15 is 0 Å². The number of nitrogens with one attached hydrogen (secondary N) is 2. The van der Waals surface area contributed by atoms with Crippen molar-refractivity contribution in [2.75, 3.05) is 13.1 Å². The van der Waals surface area contributed by atoms with Crippen LogP contribution in [-0.4, -0.2) is 25.0 Å². The third-order valence-corrected chi connectivity index (χ3v) is 5.01. The number of rotatable bonds is 3. The summed E-state index contributed by atoms with van der Waals surface area (Å²) in [5, 5.41) is 6.64. The minimum absolute atomic E-state index is 0.132. The largest absolute Gasteiger partial charge is 0.353 e. The average Bonchev–Trinajstić information content (AvgIpc) is 2.40. The van der Waals surface area contributed by atoms with Crippen LogP contribution in [0.3, 0.4) is 0 Å². The molecule has 1 heterocycles. The van der Waals surface area contributed by atoms with Crippen molar-refractivity contribution in [2.24, 2.45) is 11.3 Å². The fourth-order valence-corrected chi connectivity index (χ4v) is 3.28. The number of piperidine rings is 1. The Morgan fingerprint density at radius 1 is 1.22 bits per heavy atom. The summed E-state index contributed by atoms with van der Waals surface area (Å²) in [6.45, 7) is 6.36. The first kappa shape index (κ1) is 13.9. The molecule has 0 spiro atoms. The van der Waals surface area contributed by atoms with Gasteiger partial charge in [-0.3, -0.25) is 4.79 Å². The predicted molar refractivity (Wildman–Crippen MR) is 74.4 cm³/mol. The van der Waals surface area contributed by atoms with Crippen molar-refractivity contribution in [1.29, 1.82) is 0 Å². The Balaban J connectivity index is 1.80. The molecule has 2 aliphatic rings. The van der Waals surface area contributed by atoms with E-state index in [0.29, 0.717) is 11.9 Å². The second-order valence-corrected chi connectivity index (χ2v) is 6.41. The summed E-state index contributed by atoms with van der Waals surface area (Å²) in [6.07, 6.45) is 8.19. The lowest BCUT2D eigenvalue weighted by Gasteiger charge is -2.36. The lowest BCUT2D eigenvalue weighted by molar-refractivity contribution is -0.132. The quantitative estimate of drug-likeness (QED) is 0.810. The summed E-state index contributed by atoms with van der Waals surface area (Å²) >= 11 is 0. The molecule has 1 aliphatic heterocycles. The molecule has 1 aliphatic carbocycles. The standard InChI is InChI=1S/C15H28N2O/c1-3-12-4-6-13(7-5-12)17-14(18)15(2)8-10-16-11-9-15/h12-13,16H,3-11H2,1-2H3,(H,17,18). The highest BCUT2D eigenvalue weighted by Gasteiger charge is 2.35. The Morgan fingerprint density at radius 2 is 1.83 bits per heavy atom. The van der Waals surface area contributed by atoms with E-state index in [-0.39, 0.29) is 5.41 Å². The van der Waals surface area contributed by atoms with E-state index in [4.69, 9.17) is 0 Å². The zero-order valence-electron chi connectivity index (χ0n) is 11.9. The Kier molecular flexibility index (Phi) is 4.66. The van der Waals surface area contributed by atoms with E-state index in [1.807, 2.05) is 0 Å². The van der Waals surface area contributed by atoms with Crippen LogP contribution in [0.2, 0.25) is 0 Å². The number of carbonyl (C=O) groups excluding carboxylic acids is 1. The summed E-state index contributed by atoms with van der Waals surface area (Å²) in [6, 6.07) is 0.437. The Hall–Kier alpha value is -0.570. The van der Waals surface area contributed by atoms with Crippen molar-refractivity contribution in [2.45, 2.75) is 64.8 Å². The van der Waals surface area contributed by atoms with Crippen LogP contribution in [0.5, 0.6) is 0 Å². The van der Waals surface area contributed by atoms with Gasteiger partial charge >= 0.3 is 0 Å². The number of carbonyl (C=O) groups is 1. The summed E-state index contributed by atoms with van der Waals surface area (Å²) in [5.74, 6) is 1.19. The lowest BCUT2D eigenvalue weighted by atomic mass is 9.79. The maximum atomic E-state index is 12.4. The van der Waals surface area contributed by atoms with E-state index in [9.17, 15) is 4.79 Å². The molecule has 1 saturated carbocycles. The second-order valence-electron chi connectivity index (χ2n) is 6.41. The van der Waals surface area contributed by atoms with Gasteiger partial charge in [-0.05, 0) is 57.5 Å². The van der Waals surface area contributed by atoms with Gasteiger partial charge < -0.3 is 10.6 Å². The monoisotopic (exact) mass is 252 g/mol. The van der Waals surface area contributed by atoms with Gasteiger partial charge in [0.05, 0.1) is 0 Å². The predicted octanol–water partition coefficient (Wildman–Crippen LogP) is 2.46. The molecule has 18 heavy (non-hydrogen) atoms. The van der Waals surface area contributed by atoms with Crippen LogP contribution in [0.15, 0.2) is 0 Å². The SMILES string of the molecule is CCC1CCC(NC(=O)C2(C)CCNCC2)CC1.